The molecule has 0 spiro atoms. The number of hydrogen-bond acceptors (Lipinski definition) is 4. The fourth-order valence-electron chi connectivity index (χ4n) is 4.30. The molecule has 2 aromatic rings. The van der Waals surface area contributed by atoms with E-state index in [0.29, 0.717) is 18.2 Å². The van der Waals surface area contributed by atoms with E-state index < -0.39 is 0 Å². The number of esters is 1. The average Bonchev–Trinajstić information content (AvgIpc) is 3.08. The molecule has 0 aliphatic carbocycles. The topological polar surface area (TPSA) is 32.8 Å². The van der Waals surface area contributed by atoms with Gasteiger partial charge in [-0.15, -0.1) is 0 Å². The quantitative estimate of drug-likeness (QED) is 0.702. The Morgan fingerprint density at radius 3 is 2.56 bits per heavy atom. The minimum Gasteiger partial charge on any atom is -0.462 e. The molecule has 2 saturated heterocycles. The Bertz CT molecular complexity index is 791. The lowest BCUT2D eigenvalue weighted by Crippen LogP contribution is -2.37. The molecule has 27 heavy (non-hydrogen) atoms. The number of anilines is 1. The van der Waals surface area contributed by atoms with Crippen LogP contribution in [0.25, 0.3) is 0 Å². The third-order valence-corrected chi connectivity index (χ3v) is 5.82. The molecular weight excluding hydrogens is 360 g/mol. The normalized spacial score (nSPS) is 22.5. The summed E-state index contributed by atoms with van der Waals surface area (Å²) in [5, 5.41) is 0.761. The highest BCUT2D eigenvalue weighted by molar-refractivity contribution is 6.30. The van der Waals surface area contributed by atoms with Gasteiger partial charge >= 0.3 is 5.97 Å². The second-order valence-electron chi connectivity index (χ2n) is 7.23. The van der Waals surface area contributed by atoms with Gasteiger partial charge in [-0.2, -0.15) is 0 Å². The zero-order valence-corrected chi connectivity index (χ0v) is 16.4. The summed E-state index contributed by atoms with van der Waals surface area (Å²) in [6, 6.07) is 16.6. The first-order valence-electron chi connectivity index (χ1n) is 9.72. The molecule has 2 aliphatic heterocycles. The summed E-state index contributed by atoms with van der Waals surface area (Å²) in [5.74, 6) is -0.267. The summed E-state index contributed by atoms with van der Waals surface area (Å²) < 4.78 is 5.10. The van der Waals surface area contributed by atoms with Gasteiger partial charge in [0.05, 0.1) is 12.2 Å². The monoisotopic (exact) mass is 384 g/mol. The third kappa shape index (κ3) is 3.69. The van der Waals surface area contributed by atoms with E-state index in [0.717, 1.165) is 23.8 Å². The molecule has 0 aromatic heterocycles. The standard InChI is InChI=1S/C22H25ClN2O2/c1-2-27-22(26)17-8-12-19(13-9-17)25-15-20-5-3-4-14-24(20)21(25)16-6-10-18(23)11-7-16/h6-13,20-21H,2-5,14-15H2,1H3/t20-,21-/m0/s1. The zero-order chi connectivity index (χ0) is 18.8. The summed E-state index contributed by atoms with van der Waals surface area (Å²) in [6.07, 6.45) is 3.99. The number of carbonyl (C=O) groups excluding carboxylic acids is 1. The van der Waals surface area contributed by atoms with Crippen molar-refractivity contribution < 1.29 is 9.53 Å². The van der Waals surface area contributed by atoms with Gasteiger partial charge in [-0.05, 0) is 61.7 Å². The molecule has 0 N–H and O–H groups in total. The molecule has 0 saturated carbocycles. The van der Waals surface area contributed by atoms with Gasteiger partial charge in [0.2, 0.25) is 0 Å². The molecule has 0 bridgehead atoms. The Kier molecular flexibility index (Phi) is 5.37. The first-order chi connectivity index (χ1) is 13.2. The molecular formula is C22H25ClN2O2. The third-order valence-electron chi connectivity index (χ3n) is 5.57. The number of ether oxygens (including phenoxy) is 1. The molecule has 0 unspecified atom stereocenters. The molecule has 2 heterocycles. The van der Waals surface area contributed by atoms with Crippen LogP contribution in [-0.4, -0.2) is 36.6 Å². The molecule has 2 aliphatic rings. The van der Waals surface area contributed by atoms with Crippen molar-refractivity contribution >= 4 is 23.3 Å². The minimum absolute atomic E-state index is 0.209. The SMILES string of the molecule is CCOC(=O)c1ccc(N2C[C@@H]3CCCCN3[C@@H]2c2ccc(Cl)cc2)cc1. The second kappa shape index (κ2) is 7.91. The highest BCUT2D eigenvalue weighted by Crippen LogP contribution is 2.41. The molecule has 0 radical (unpaired) electrons. The van der Waals surface area contributed by atoms with Crippen molar-refractivity contribution in [2.75, 3.05) is 24.6 Å². The van der Waals surface area contributed by atoms with Gasteiger partial charge in [0.1, 0.15) is 6.17 Å². The maximum absolute atomic E-state index is 11.9. The molecule has 4 nitrogen and oxygen atoms in total. The molecule has 4 rings (SSSR count). The van der Waals surface area contributed by atoms with E-state index in [-0.39, 0.29) is 12.1 Å². The largest absolute Gasteiger partial charge is 0.462 e. The average molecular weight is 385 g/mol. The number of piperidine rings is 1. The molecule has 0 amide bonds. The van der Waals surface area contributed by atoms with Crippen molar-refractivity contribution in [3.63, 3.8) is 0 Å². The smallest absolute Gasteiger partial charge is 0.338 e. The summed E-state index contributed by atoms with van der Waals surface area (Å²) in [6.45, 7) is 4.34. The van der Waals surface area contributed by atoms with E-state index >= 15 is 0 Å². The highest BCUT2D eigenvalue weighted by atomic mass is 35.5. The van der Waals surface area contributed by atoms with Crippen molar-refractivity contribution in [3.8, 4) is 0 Å². The van der Waals surface area contributed by atoms with Crippen LogP contribution in [0.2, 0.25) is 5.02 Å². The molecule has 142 valence electrons. The van der Waals surface area contributed by atoms with Gasteiger partial charge in [0.15, 0.2) is 0 Å². The Morgan fingerprint density at radius 1 is 1.11 bits per heavy atom. The lowest BCUT2D eigenvalue weighted by Gasteiger charge is -2.35. The van der Waals surface area contributed by atoms with Crippen LogP contribution in [0.4, 0.5) is 5.69 Å². The van der Waals surface area contributed by atoms with Crippen molar-refractivity contribution in [3.05, 3.63) is 64.7 Å². The number of carbonyl (C=O) groups is 1. The Hall–Kier alpha value is -2.04. The highest BCUT2D eigenvalue weighted by Gasteiger charge is 2.41. The fourth-order valence-corrected chi connectivity index (χ4v) is 4.43. The van der Waals surface area contributed by atoms with Crippen LogP contribution in [0.5, 0.6) is 0 Å². The lowest BCUT2D eigenvalue weighted by atomic mass is 10.0. The van der Waals surface area contributed by atoms with Crippen LogP contribution in [-0.2, 0) is 4.74 Å². The number of nitrogens with zero attached hydrogens (tertiary/aromatic N) is 2. The summed E-state index contributed by atoms with van der Waals surface area (Å²) in [4.78, 5) is 17.0. The van der Waals surface area contributed by atoms with Gasteiger partial charge in [0, 0.05) is 29.8 Å². The predicted molar refractivity (Wildman–Crippen MR) is 108 cm³/mol. The van der Waals surface area contributed by atoms with E-state index in [1.807, 2.05) is 43.3 Å². The van der Waals surface area contributed by atoms with Crippen LogP contribution in [0.15, 0.2) is 48.5 Å². The number of halogens is 1. The number of benzene rings is 2. The number of rotatable bonds is 4. The van der Waals surface area contributed by atoms with Crippen molar-refractivity contribution in [2.24, 2.45) is 0 Å². The maximum atomic E-state index is 11.9. The number of fused-ring (bicyclic) bond motifs is 1. The molecule has 5 heteroatoms. The van der Waals surface area contributed by atoms with Crippen LogP contribution in [0.3, 0.4) is 0 Å². The Balaban J connectivity index is 1.64. The molecule has 2 fully saturated rings. The van der Waals surface area contributed by atoms with E-state index in [2.05, 4.69) is 21.9 Å². The van der Waals surface area contributed by atoms with Crippen LogP contribution < -0.4 is 4.90 Å². The first kappa shape index (κ1) is 18.3. The van der Waals surface area contributed by atoms with Crippen molar-refractivity contribution in [1.82, 2.24) is 4.90 Å². The Labute approximate surface area is 165 Å². The van der Waals surface area contributed by atoms with E-state index in [1.54, 1.807) is 0 Å². The van der Waals surface area contributed by atoms with E-state index in [9.17, 15) is 4.79 Å². The maximum Gasteiger partial charge on any atom is 0.338 e. The zero-order valence-electron chi connectivity index (χ0n) is 15.6. The fraction of sp³-hybridized carbons (Fsp3) is 0.409. The van der Waals surface area contributed by atoms with Crippen molar-refractivity contribution in [1.29, 1.82) is 0 Å². The van der Waals surface area contributed by atoms with Crippen LogP contribution >= 0.6 is 11.6 Å². The van der Waals surface area contributed by atoms with Gasteiger partial charge in [-0.1, -0.05) is 30.2 Å². The van der Waals surface area contributed by atoms with Crippen LogP contribution in [0.1, 0.15) is 48.3 Å². The summed E-state index contributed by atoms with van der Waals surface area (Å²) >= 11 is 6.11. The molecule has 2 atom stereocenters. The second-order valence-corrected chi connectivity index (χ2v) is 7.67. The number of hydrogen-bond donors (Lipinski definition) is 0. The molecule has 2 aromatic carbocycles. The van der Waals surface area contributed by atoms with Gasteiger partial charge in [-0.3, -0.25) is 4.90 Å². The summed E-state index contributed by atoms with van der Waals surface area (Å²) in [5.41, 5.74) is 3.00. The van der Waals surface area contributed by atoms with E-state index in [1.165, 1.54) is 24.8 Å². The Morgan fingerprint density at radius 2 is 1.85 bits per heavy atom. The first-order valence-corrected chi connectivity index (χ1v) is 10.1. The van der Waals surface area contributed by atoms with E-state index in [4.69, 9.17) is 16.3 Å². The minimum atomic E-state index is -0.267. The lowest BCUT2D eigenvalue weighted by molar-refractivity contribution is 0.0526. The summed E-state index contributed by atoms with van der Waals surface area (Å²) in [7, 11) is 0. The van der Waals surface area contributed by atoms with Crippen molar-refractivity contribution in [2.45, 2.75) is 38.4 Å². The predicted octanol–water partition coefficient (Wildman–Crippen LogP) is 4.89. The van der Waals surface area contributed by atoms with Crippen LogP contribution in [0, 0.1) is 0 Å². The van der Waals surface area contributed by atoms with Gasteiger partial charge in [0.25, 0.3) is 0 Å². The van der Waals surface area contributed by atoms with Gasteiger partial charge < -0.3 is 9.64 Å². The van der Waals surface area contributed by atoms with Gasteiger partial charge in [-0.25, -0.2) is 4.79 Å².